The van der Waals surface area contributed by atoms with Crippen LogP contribution in [0.25, 0.3) is 0 Å². The number of carboxylic acid groups (broad SMARTS) is 1. The van der Waals surface area contributed by atoms with Crippen LogP contribution in [0.4, 0.5) is 5.95 Å². The fourth-order valence-electron chi connectivity index (χ4n) is 2.02. The van der Waals surface area contributed by atoms with E-state index in [2.05, 4.69) is 29.1 Å². The molecule has 0 radical (unpaired) electrons. The van der Waals surface area contributed by atoms with Gasteiger partial charge in [-0.3, -0.25) is 0 Å². The van der Waals surface area contributed by atoms with Crippen LogP contribution >= 0.6 is 0 Å². The standard InChI is InChI=1S/C14H23N3O2/c1-4-6-8-11(7-5-2)17-14-15-9-12(13(18)19)10(3)16-14/h9,11H,4-8H2,1-3H3,(H,18,19)(H,15,16,17). The summed E-state index contributed by atoms with van der Waals surface area (Å²) in [4.78, 5) is 19.2. The molecule has 0 bridgehead atoms. The van der Waals surface area contributed by atoms with Crippen molar-refractivity contribution < 1.29 is 9.90 Å². The molecule has 5 nitrogen and oxygen atoms in total. The highest BCUT2D eigenvalue weighted by atomic mass is 16.4. The van der Waals surface area contributed by atoms with Crippen LogP contribution in [0.2, 0.25) is 0 Å². The summed E-state index contributed by atoms with van der Waals surface area (Å²) >= 11 is 0. The molecule has 2 N–H and O–H groups in total. The third-order valence-electron chi connectivity index (χ3n) is 3.09. The molecule has 1 aromatic heterocycles. The molecule has 0 saturated carbocycles. The number of hydrogen-bond donors (Lipinski definition) is 2. The van der Waals surface area contributed by atoms with Gasteiger partial charge in [0.2, 0.25) is 5.95 Å². The van der Waals surface area contributed by atoms with Crippen molar-refractivity contribution in [3.63, 3.8) is 0 Å². The zero-order valence-corrected chi connectivity index (χ0v) is 11.9. The van der Waals surface area contributed by atoms with Crippen LogP contribution < -0.4 is 5.32 Å². The number of carboxylic acids is 1. The van der Waals surface area contributed by atoms with Gasteiger partial charge < -0.3 is 10.4 Å². The number of aromatic nitrogens is 2. The second-order valence-electron chi connectivity index (χ2n) is 4.77. The van der Waals surface area contributed by atoms with Crippen molar-refractivity contribution >= 4 is 11.9 Å². The number of unbranched alkanes of at least 4 members (excludes halogenated alkanes) is 1. The van der Waals surface area contributed by atoms with Crippen LogP contribution in [0, 0.1) is 6.92 Å². The van der Waals surface area contributed by atoms with E-state index >= 15 is 0 Å². The van der Waals surface area contributed by atoms with Gasteiger partial charge in [0.05, 0.1) is 11.3 Å². The summed E-state index contributed by atoms with van der Waals surface area (Å²) < 4.78 is 0. The second-order valence-corrected chi connectivity index (χ2v) is 4.77. The topological polar surface area (TPSA) is 75.1 Å². The number of aromatic carboxylic acids is 1. The first-order valence-electron chi connectivity index (χ1n) is 6.91. The van der Waals surface area contributed by atoms with Gasteiger partial charge in [-0.1, -0.05) is 33.1 Å². The van der Waals surface area contributed by atoms with Gasteiger partial charge in [-0.15, -0.1) is 0 Å². The highest BCUT2D eigenvalue weighted by Crippen LogP contribution is 2.13. The normalized spacial score (nSPS) is 12.2. The number of aryl methyl sites for hydroxylation is 1. The maximum absolute atomic E-state index is 10.9. The van der Waals surface area contributed by atoms with E-state index < -0.39 is 5.97 Å². The summed E-state index contributed by atoms with van der Waals surface area (Å²) in [5, 5.41) is 12.2. The highest BCUT2D eigenvalue weighted by molar-refractivity contribution is 5.88. The summed E-state index contributed by atoms with van der Waals surface area (Å²) in [6, 6.07) is 0.361. The molecule has 0 aliphatic carbocycles. The minimum Gasteiger partial charge on any atom is -0.478 e. The molecule has 0 saturated heterocycles. The minimum absolute atomic E-state index is 0.158. The Kier molecular flexibility index (Phi) is 6.25. The molecule has 106 valence electrons. The van der Waals surface area contributed by atoms with E-state index in [0.29, 0.717) is 17.7 Å². The zero-order valence-electron chi connectivity index (χ0n) is 11.9. The number of carbonyl (C=O) groups is 1. The molecule has 5 heteroatoms. The van der Waals surface area contributed by atoms with Gasteiger partial charge in [0, 0.05) is 12.2 Å². The van der Waals surface area contributed by atoms with Crippen LogP contribution in [-0.4, -0.2) is 27.1 Å². The van der Waals surface area contributed by atoms with Gasteiger partial charge in [0.1, 0.15) is 0 Å². The van der Waals surface area contributed by atoms with Gasteiger partial charge in [0.15, 0.2) is 0 Å². The van der Waals surface area contributed by atoms with Crippen LogP contribution in [0.3, 0.4) is 0 Å². The Bertz CT molecular complexity index is 421. The maximum Gasteiger partial charge on any atom is 0.339 e. The van der Waals surface area contributed by atoms with Gasteiger partial charge >= 0.3 is 5.97 Å². The van der Waals surface area contributed by atoms with Crippen LogP contribution in [-0.2, 0) is 0 Å². The molecular weight excluding hydrogens is 242 g/mol. The minimum atomic E-state index is -0.986. The van der Waals surface area contributed by atoms with Gasteiger partial charge in [-0.25, -0.2) is 14.8 Å². The summed E-state index contributed by atoms with van der Waals surface area (Å²) in [5.41, 5.74) is 0.655. The zero-order chi connectivity index (χ0) is 14.3. The fraction of sp³-hybridized carbons (Fsp3) is 0.643. The van der Waals surface area contributed by atoms with E-state index in [1.807, 2.05) is 0 Å². The van der Waals surface area contributed by atoms with Crippen LogP contribution in [0.1, 0.15) is 62.0 Å². The average Bonchev–Trinajstić information content (AvgIpc) is 2.36. The Labute approximate surface area is 114 Å². The van der Waals surface area contributed by atoms with Crippen molar-refractivity contribution in [3.05, 3.63) is 17.5 Å². The Balaban J connectivity index is 2.73. The molecule has 0 aromatic carbocycles. The molecule has 1 aromatic rings. The van der Waals surface area contributed by atoms with E-state index in [1.165, 1.54) is 19.0 Å². The lowest BCUT2D eigenvalue weighted by molar-refractivity contribution is 0.0695. The molecular formula is C14H23N3O2. The van der Waals surface area contributed by atoms with E-state index in [9.17, 15) is 4.79 Å². The molecule has 0 aliphatic heterocycles. The van der Waals surface area contributed by atoms with Crippen molar-refractivity contribution in [2.75, 3.05) is 5.32 Å². The van der Waals surface area contributed by atoms with Gasteiger partial charge in [-0.2, -0.15) is 0 Å². The van der Waals surface area contributed by atoms with Crippen molar-refractivity contribution in [1.82, 2.24) is 9.97 Å². The molecule has 1 unspecified atom stereocenters. The second kappa shape index (κ2) is 7.71. The number of rotatable bonds is 8. The lowest BCUT2D eigenvalue weighted by Crippen LogP contribution is -2.21. The predicted molar refractivity (Wildman–Crippen MR) is 75.6 cm³/mol. The van der Waals surface area contributed by atoms with Crippen molar-refractivity contribution in [3.8, 4) is 0 Å². The lowest BCUT2D eigenvalue weighted by Gasteiger charge is -2.18. The number of nitrogens with one attached hydrogen (secondary N) is 1. The first-order valence-corrected chi connectivity index (χ1v) is 6.91. The molecule has 0 spiro atoms. The Hall–Kier alpha value is -1.65. The largest absolute Gasteiger partial charge is 0.478 e. The lowest BCUT2D eigenvalue weighted by atomic mass is 10.1. The number of hydrogen-bond acceptors (Lipinski definition) is 4. The first kappa shape index (κ1) is 15.4. The Morgan fingerprint density at radius 3 is 2.63 bits per heavy atom. The van der Waals surface area contributed by atoms with Gasteiger partial charge in [0.25, 0.3) is 0 Å². The van der Waals surface area contributed by atoms with Crippen molar-refractivity contribution in [2.24, 2.45) is 0 Å². The number of nitrogens with zero attached hydrogens (tertiary/aromatic N) is 2. The molecule has 1 rings (SSSR count). The van der Waals surface area contributed by atoms with Crippen LogP contribution in [0.5, 0.6) is 0 Å². The van der Waals surface area contributed by atoms with Crippen LogP contribution in [0.15, 0.2) is 6.20 Å². The fourth-order valence-corrected chi connectivity index (χ4v) is 2.02. The molecule has 1 heterocycles. The smallest absolute Gasteiger partial charge is 0.339 e. The number of anilines is 1. The quantitative estimate of drug-likeness (QED) is 0.754. The average molecular weight is 265 g/mol. The van der Waals surface area contributed by atoms with Crippen molar-refractivity contribution in [1.29, 1.82) is 0 Å². The molecule has 0 fully saturated rings. The van der Waals surface area contributed by atoms with E-state index in [0.717, 1.165) is 19.3 Å². The molecule has 0 aliphatic rings. The summed E-state index contributed by atoms with van der Waals surface area (Å²) in [7, 11) is 0. The highest BCUT2D eigenvalue weighted by Gasteiger charge is 2.12. The predicted octanol–water partition coefficient (Wildman–Crippen LogP) is 3.25. The first-order chi connectivity index (χ1) is 9.08. The Morgan fingerprint density at radius 1 is 1.37 bits per heavy atom. The SMILES string of the molecule is CCCCC(CCC)Nc1ncc(C(=O)O)c(C)n1. The Morgan fingerprint density at radius 2 is 2.11 bits per heavy atom. The monoisotopic (exact) mass is 265 g/mol. The van der Waals surface area contributed by atoms with E-state index in [4.69, 9.17) is 5.11 Å². The summed E-state index contributed by atoms with van der Waals surface area (Å²) in [5.74, 6) is -0.461. The third-order valence-corrected chi connectivity index (χ3v) is 3.09. The third kappa shape index (κ3) is 4.85. The molecule has 19 heavy (non-hydrogen) atoms. The molecule has 0 amide bonds. The van der Waals surface area contributed by atoms with Crippen molar-refractivity contribution in [2.45, 2.75) is 58.9 Å². The molecule has 1 atom stereocenters. The summed E-state index contributed by atoms with van der Waals surface area (Å²) in [6.07, 6.45) is 6.98. The van der Waals surface area contributed by atoms with E-state index in [-0.39, 0.29) is 5.56 Å². The maximum atomic E-state index is 10.9. The van der Waals surface area contributed by atoms with E-state index in [1.54, 1.807) is 6.92 Å². The van der Waals surface area contributed by atoms with Gasteiger partial charge in [-0.05, 0) is 19.8 Å². The summed E-state index contributed by atoms with van der Waals surface area (Å²) in [6.45, 7) is 6.02.